The molecule has 0 saturated carbocycles. The van der Waals surface area contributed by atoms with Gasteiger partial charge in [-0.1, -0.05) is 23.7 Å². The van der Waals surface area contributed by atoms with Gasteiger partial charge in [-0.3, -0.25) is 4.79 Å². The Morgan fingerprint density at radius 3 is 2.90 bits per heavy atom. The van der Waals surface area contributed by atoms with Crippen molar-refractivity contribution in [3.8, 4) is 0 Å². The van der Waals surface area contributed by atoms with E-state index in [9.17, 15) is 4.79 Å². The monoisotopic (exact) mass is 287 g/mol. The minimum Gasteiger partial charge on any atom is -0.358 e. The molecule has 1 saturated heterocycles. The van der Waals surface area contributed by atoms with E-state index in [0.717, 1.165) is 17.9 Å². The lowest BCUT2D eigenvalue weighted by Gasteiger charge is -2.17. The highest BCUT2D eigenvalue weighted by molar-refractivity contribution is 6.31. The second kappa shape index (κ2) is 5.51. The molecule has 1 atom stereocenters. The number of hydrogen-bond acceptors (Lipinski definition) is 3. The SMILES string of the molecule is O=C1C(Nc2ccccn2)CCN1c1cccc(Cl)c1. The number of carbonyl (C=O) groups excluding carboxylic acids is 1. The fraction of sp³-hybridized carbons (Fsp3) is 0.200. The van der Waals surface area contributed by atoms with Gasteiger partial charge < -0.3 is 10.2 Å². The van der Waals surface area contributed by atoms with Crippen molar-refractivity contribution in [2.24, 2.45) is 0 Å². The predicted octanol–water partition coefficient (Wildman–Crippen LogP) is 2.95. The molecule has 0 radical (unpaired) electrons. The van der Waals surface area contributed by atoms with Crippen LogP contribution < -0.4 is 10.2 Å². The van der Waals surface area contributed by atoms with Gasteiger partial charge in [0.05, 0.1) is 0 Å². The first kappa shape index (κ1) is 12.9. The average molecular weight is 288 g/mol. The summed E-state index contributed by atoms with van der Waals surface area (Å²) in [5.41, 5.74) is 0.841. The van der Waals surface area contributed by atoms with E-state index in [4.69, 9.17) is 11.6 Å². The van der Waals surface area contributed by atoms with Crippen molar-refractivity contribution >= 4 is 29.0 Å². The predicted molar refractivity (Wildman–Crippen MR) is 80.1 cm³/mol. The number of nitrogens with one attached hydrogen (secondary N) is 1. The van der Waals surface area contributed by atoms with Crippen molar-refractivity contribution in [2.45, 2.75) is 12.5 Å². The van der Waals surface area contributed by atoms with Crippen molar-refractivity contribution in [2.75, 3.05) is 16.8 Å². The maximum Gasteiger partial charge on any atom is 0.249 e. The Hall–Kier alpha value is -2.07. The number of rotatable bonds is 3. The van der Waals surface area contributed by atoms with Crippen LogP contribution in [-0.2, 0) is 4.79 Å². The lowest BCUT2D eigenvalue weighted by atomic mass is 10.2. The molecule has 1 aliphatic heterocycles. The van der Waals surface area contributed by atoms with Gasteiger partial charge in [0, 0.05) is 23.5 Å². The molecule has 20 heavy (non-hydrogen) atoms. The minimum absolute atomic E-state index is 0.0536. The first-order chi connectivity index (χ1) is 9.74. The van der Waals surface area contributed by atoms with Crippen LogP contribution in [0.25, 0.3) is 0 Å². The Morgan fingerprint density at radius 1 is 1.25 bits per heavy atom. The summed E-state index contributed by atoms with van der Waals surface area (Å²) in [6, 6.07) is 12.7. The standard InChI is InChI=1S/C15H14ClN3O/c16-11-4-3-5-12(10-11)19-9-7-13(15(19)20)18-14-6-1-2-8-17-14/h1-6,8,10,13H,7,9H2,(H,17,18). The van der Waals surface area contributed by atoms with Gasteiger partial charge in [0.15, 0.2) is 0 Å². The zero-order valence-corrected chi connectivity index (χ0v) is 11.5. The first-order valence-corrected chi connectivity index (χ1v) is 6.86. The Bertz CT molecular complexity index is 618. The third-order valence-corrected chi connectivity index (χ3v) is 3.55. The van der Waals surface area contributed by atoms with Crippen LogP contribution in [-0.4, -0.2) is 23.5 Å². The van der Waals surface area contributed by atoms with Crippen molar-refractivity contribution in [1.29, 1.82) is 0 Å². The van der Waals surface area contributed by atoms with E-state index >= 15 is 0 Å². The largest absolute Gasteiger partial charge is 0.358 e. The lowest BCUT2D eigenvalue weighted by molar-refractivity contribution is -0.117. The third-order valence-electron chi connectivity index (χ3n) is 3.31. The van der Waals surface area contributed by atoms with E-state index in [2.05, 4.69) is 10.3 Å². The van der Waals surface area contributed by atoms with Crippen LogP contribution in [0.5, 0.6) is 0 Å². The molecule has 5 heteroatoms. The molecule has 1 fully saturated rings. The van der Waals surface area contributed by atoms with Crippen molar-refractivity contribution in [1.82, 2.24) is 4.98 Å². The van der Waals surface area contributed by atoms with E-state index in [1.165, 1.54) is 0 Å². The molecule has 0 spiro atoms. The topological polar surface area (TPSA) is 45.2 Å². The van der Waals surface area contributed by atoms with Gasteiger partial charge in [0.1, 0.15) is 11.9 Å². The van der Waals surface area contributed by atoms with Crippen LogP contribution in [0.2, 0.25) is 5.02 Å². The highest BCUT2D eigenvalue weighted by Gasteiger charge is 2.32. The van der Waals surface area contributed by atoms with E-state index in [1.807, 2.05) is 36.4 Å². The zero-order valence-electron chi connectivity index (χ0n) is 10.8. The molecule has 2 aromatic rings. The fourth-order valence-electron chi connectivity index (χ4n) is 2.34. The van der Waals surface area contributed by atoms with Crippen molar-refractivity contribution < 1.29 is 4.79 Å². The van der Waals surface area contributed by atoms with Crippen molar-refractivity contribution in [3.63, 3.8) is 0 Å². The van der Waals surface area contributed by atoms with Gasteiger partial charge in [-0.2, -0.15) is 0 Å². The molecule has 1 aromatic carbocycles. The minimum atomic E-state index is -0.233. The third kappa shape index (κ3) is 2.60. The van der Waals surface area contributed by atoms with Gasteiger partial charge in [-0.05, 0) is 36.8 Å². The Balaban J connectivity index is 1.74. The van der Waals surface area contributed by atoms with Gasteiger partial charge in [0.25, 0.3) is 0 Å². The fourth-order valence-corrected chi connectivity index (χ4v) is 2.53. The summed E-state index contributed by atoms with van der Waals surface area (Å²) < 4.78 is 0. The molecule has 3 rings (SSSR count). The summed E-state index contributed by atoms with van der Waals surface area (Å²) >= 11 is 5.97. The van der Waals surface area contributed by atoms with E-state index in [0.29, 0.717) is 11.6 Å². The molecule has 1 amide bonds. The van der Waals surface area contributed by atoms with Crippen LogP contribution in [0, 0.1) is 0 Å². The van der Waals surface area contributed by atoms with E-state index < -0.39 is 0 Å². The van der Waals surface area contributed by atoms with Crippen LogP contribution >= 0.6 is 11.6 Å². The van der Waals surface area contributed by atoms with Crippen molar-refractivity contribution in [3.05, 3.63) is 53.7 Å². The number of halogens is 1. The highest BCUT2D eigenvalue weighted by Crippen LogP contribution is 2.25. The number of aromatic nitrogens is 1. The quantitative estimate of drug-likeness (QED) is 0.944. The van der Waals surface area contributed by atoms with Gasteiger partial charge >= 0.3 is 0 Å². The Labute approximate surface area is 122 Å². The van der Waals surface area contributed by atoms with Crippen LogP contribution in [0.1, 0.15) is 6.42 Å². The molecule has 1 aliphatic rings. The Morgan fingerprint density at radius 2 is 2.15 bits per heavy atom. The zero-order chi connectivity index (χ0) is 13.9. The summed E-state index contributed by atoms with van der Waals surface area (Å²) in [4.78, 5) is 18.4. The average Bonchev–Trinajstić information content (AvgIpc) is 2.81. The maximum absolute atomic E-state index is 12.4. The number of amides is 1. The number of carbonyl (C=O) groups is 1. The molecule has 0 bridgehead atoms. The molecule has 1 N–H and O–H groups in total. The second-order valence-electron chi connectivity index (χ2n) is 4.67. The molecular formula is C15H14ClN3O. The molecule has 2 heterocycles. The molecule has 1 unspecified atom stereocenters. The molecule has 1 aromatic heterocycles. The first-order valence-electron chi connectivity index (χ1n) is 6.48. The maximum atomic E-state index is 12.4. The van der Waals surface area contributed by atoms with E-state index in [1.54, 1.807) is 17.2 Å². The number of hydrogen-bond donors (Lipinski definition) is 1. The summed E-state index contributed by atoms with van der Waals surface area (Å²) in [7, 11) is 0. The number of nitrogens with zero attached hydrogens (tertiary/aromatic N) is 2. The highest BCUT2D eigenvalue weighted by atomic mass is 35.5. The van der Waals surface area contributed by atoms with E-state index in [-0.39, 0.29) is 11.9 Å². The number of anilines is 2. The van der Waals surface area contributed by atoms with Crippen LogP contribution in [0.15, 0.2) is 48.7 Å². The van der Waals surface area contributed by atoms with Crippen LogP contribution in [0.4, 0.5) is 11.5 Å². The Kier molecular flexibility index (Phi) is 3.56. The second-order valence-corrected chi connectivity index (χ2v) is 5.11. The summed E-state index contributed by atoms with van der Waals surface area (Å²) in [6.07, 6.45) is 2.46. The van der Waals surface area contributed by atoms with Gasteiger partial charge in [0.2, 0.25) is 5.91 Å². The molecular weight excluding hydrogens is 274 g/mol. The molecule has 102 valence electrons. The summed E-state index contributed by atoms with van der Waals surface area (Å²) in [5, 5.41) is 3.81. The summed E-state index contributed by atoms with van der Waals surface area (Å²) in [6.45, 7) is 0.684. The summed E-state index contributed by atoms with van der Waals surface area (Å²) in [5.74, 6) is 0.775. The van der Waals surface area contributed by atoms with Gasteiger partial charge in [-0.15, -0.1) is 0 Å². The molecule has 0 aliphatic carbocycles. The number of benzene rings is 1. The smallest absolute Gasteiger partial charge is 0.249 e. The van der Waals surface area contributed by atoms with Gasteiger partial charge in [-0.25, -0.2) is 4.98 Å². The number of pyridine rings is 1. The molecule has 4 nitrogen and oxygen atoms in total. The lowest BCUT2D eigenvalue weighted by Crippen LogP contribution is -2.33. The normalized spacial score (nSPS) is 18.4. The van der Waals surface area contributed by atoms with Crippen LogP contribution in [0.3, 0.4) is 0 Å².